The van der Waals surface area contributed by atoms with Gasteiger partial charge in [-0.25, -0.2) is 4.79 Å². The number of aromatic nitrogens is 1. The van der Waals surface area contributed by atoms with Gasteiger partial charge < -0.3 is 9.64 Å². The van der Waals surface area contributed by atoms with Crippen molar-refractivity contribution in [2.75, 3.05) is 13.1 Å². The van der Waals surface area contributed by atoms with Crippen molar-refractivity contribution in [1.29, 1.82) is 0 Å². The van der Waals surface area contributed by atoms with E-state index in [1.165, 1.54) is 5.56 Å². The number of amides is 1. The van der Waals surface area contributed by atoms with Crippen molar-refractivity contribution in [2.24, 2.45) is 5.92 Å². The molecule has 2 heterocycles. The Morgan fingerprint density at radius 1 is 1.39 bits per heavy atom. The van der Waals surface area contributed by atoms with Crippen LogP contribution in [0.4, 0.5) is 4.79 Å². The minimum Gasteiger partial charge on any atom is -0.444 e. The molecular formula is C18H30N2O2S. The first-order valence-corrected chi connectivity index (χ1v) is 8.21. The number of hydrogen-bond donors (Lipinski definition) is 0. The Morgan fingerprint density at radius 2 is 2.09 bits per heavy atom. The second-order valence-electron chi connectivity index (χ2n) is 7.25. The summed E-state index contributed by atoms with van der Waals surface area (Å²) in [5.74, 6) is 0.513. The summed E-state index contributed by atoms with van der Waals surface area (Å²) in [6, 6.07) is 4.36. The number of likely N-dealkylation sites (tertiary alicyclic amines) is 1. The Labute approximate surface area is 147 Å². The smallest absolute Gasteiger partial charge is 0.410 e. The highest BCUT2D eigenvalue weighted by molar-refractivity contribution is 7.59. The first-order valence-electron chi connectivity index (χ1n) is 8.21. The van der Waals surface area contributed by atoms with E-state index in [2.05, 4.69) is 24.0 Å². The standard InChI is InChI=1S/C18H28N2O2.H2S/c1-6-16-11-15(9-13(2)19-16)10-14-7-8-20(12-14)17(21)22-18(3,4)5;/h9,11,14H,6-8,10,12H2,1-5H3;1H2. The lowest BCUT2D eigenvalue weighted by Gasteiger charge is -2.24. The molecule has 1 atom stereocenters. The lowest BCUT2D eigenvalue weighted by molar-refractivity contribution is 0.0288. The van der Waals surface area contributed by atoms with Crippen LogP contribution >= 0.6 is 13.5 Å². The Morgan fingerprint density at radius 3 is 2.70 bits per heavy atom. The van der Waals surface area contributed by atoms with E-state index in [4.69, 9.17) is 4.74 Å². The SMILES string of the molecule is CCc1cc(CC2CCN(C(=O)OC(C)(C)C)C2)cc(C)n1.S. The quantitative estimate of drug-likeness (QED) is 0.840. The Kier molecular flexibility index (Phi) is 6.93. The van der Waals surface area contributed by atoms with Crippen molar-refractivity contribution in [3.63, 3.8) is 0 Å². The number of carbonyl (C=O) groups is 1. The zero-order valence-corrected chi connectivity index (χ0v) is 16.0. The van der Waals surface area contributed by atoms with Gasteiger partial charge in [0.1, 0.15) is 5.60 Å². The first-order chi connectivity index (χ1) is 10.3. The highest BCUT2D eigenvalue weighted by Crippen LogP contribution is 2.23. The van der Waals surface area contributed by atoms with Crippen LogP contribution in [0.25, 0.3) is 0 Å². The van der Waals surface area contributed by atoms with E-state index in [9.17, 15) is 4.79 Å². The molecule has 0 bridgehead atoms. The van der Waals surface area contributed by atoms with Gasteiger partial charge in [-0.3, -0.25) is 4.98 Å². The highest BCUT2D eigenvalue weighted by atomic mass is 32.1. The minimum atomic E-state index is -0.423. The van der Waals surface area contributed by atoms with Crippen LogP contribution in [-0.2, 0) is 17.6 Å². The van der Waals surface area contributed by atoms with Gasteiger partial charge in [0.15, 0.2) is 0 Å². The summed E-state index contributed by atoms with van der Waals surface area (Å²) < 4.78 is 5.45. The van der Waals surface area contributed by atoms with Crippen LogP contribution in [0.3, 0.4) is 0 Å². The molecule has 1 unspecified atom stereocenters. The van der Waals surface area contributed by atoms with Crippen LogP contribution in [-0.4, -0.2) is 34.7 Å². The maximum absolute atomic E-state index is 12.1. The third kappa shape index (κ3) is 6.05. The number of pyridine rings is 1. The molecule has 0 saturated carbocycles. The molecule has 1 aromatic rings. The molecule has 1 fully saturated rings. The fourth-order valence-electron chi connectivity index (χ4n) is 2.94. The Hall–Kier alpha value is -1.23. The number of nitrogens with zero attached hydrogens (tertiary/aromatic N) is 2. The number of rotatable bonds is 3. The van der Waals surface area contributed by atoms with Gasteiger partial charge in [0.05, 0.1) is 0 Å². The molecule has 0 aromatic carbocycles. The van der Waals surface area contributed by atoms with Crippen LogP contribution in [0.5, 0.6) is 0 Å². The van der Waals surface area contributed by atoms with E-state index < -0.39 is 5.60 Å². The van der Waals surface area contributed by atoms with E-state index in [1.54, 1.807) is 0 Å². The largest absolute Gasteiger partial charge is 0.444 e. The van der Waals surface area contributed by atoms with Gasteiger partial charge in [0.2, 0.25) is 0 Å². The highest BCUT2D eigenvalue weighted by Gasteiger charge is 2.29. The fraction of sp³-hybridized carbons (Fsp3) is 0.667. The molecule has 1 saturated heterocycles. The van der Waals surface area contributed by atoms with Gasteiger partial charge in [-0.05, 0) is 70.6 Å². The van der Waals surface area contributed by atoms with Crippen LogP contribution in [0, 0.1) is 12.8 Å². The predicted molar refractivity (Wildman–Crippen MR) is 98.4 cm³/mol. The molecule has 0 N–H and O–H groups in total. The van der Waals surface area contributed by atoms with Crippen molar-refractivity contribution in [3.05, 3.63) is 29.1 Å². The van der Waals surface area contributed by atoms with Gasteiger partial charge in [-0.1, -0.05) is 6.92 Å². The number of hydrogen-bond acceptors (Lipinski definition) is 3. The topological polar surface area (TPSA) is 42.4 Å². The third-order valence-corrected chi connectivity index (χ3v) is 3.89. The number of carbonyl (C=O) groups excluding carboxylic acids is 1. The van der Waals surface area contributed by atoms with Crippen molar-refractivity contribution in [2.45, 2.75) is 59.5 Å². The number of ether oxygens (including phenoxy) is 1. The Bertz CT molecular complexity index is 540. The summed E-state index contributed by atoms with van der Waals surface area (Å²) in [5.41, 5.74) is 3.14. The maximum Gasteiger partial charge on any atom is 0.410 e. The lowest BCUT2D eigenvalue weighted by atomic mass is 9.98. The summed E-state index contributed by atoms with van der Waals surface area (Å²) in [7, 11) is 0. The molecule has 2 rings (SSSR count). The van der Waals surface area contributed by atoms with Crippen LogP contribution in [0.2, 0.25) is 0 Å². The predicted octanol–water partition coefficient (Wildman–Crippen LogP) is 3.86. The third-order valence-electron chi connectivity index (χ3n) is 3.89. The normalized spacial score (nSPS) is 17.8. The molecule has 5 heteroatoms. The van der Waals surface area contributed by atoms with E-state index in [0.717, 1.165) is 43.7 Å². The van der Waals surface area contributed by atoms with Crippen LogP contribution in [0.15, 0.2) is 12.1 Å². The van der Waals surface area contributed by atoms with Crippen molar-refractivity contribution >= 4 is 19.6 Å². The average molecular weight is 339 g/mol. The number of aryl methyl sites for hydroxylation is 2. The van der Waals surface area contributed by atoms with Crippen LogP contribution < -0.4 is 0 Å². The van der Waals surface area contributed by atoms with E-state index in [0.29, 0.717) is 5.92 Å². The molecule has 1 aromatic heterocycles. The molecular weight excluding hydrogens is 308 g/mol. The van der Waals surface area contributed by atoms with E-state index in [-0.39, 0.29) is 19.6 Å². The maximum atomic E-state index is 12.1. The molecule has 23 heavy (non-hydrogen) atoms. The average Bonchev–Trinajstić information content (AvgIpc) is 2.84. The summed E-state index contributed by atoms with van der Waals surface area (Å²) in [6.07, 6.45) is 2.83. The van der Waals surface area contributed by atoms with E-state index >= 15 is 0 Å². The van der Waals surface area contributed by atoms with Crippen molar-refractivity contribution in [1.82, 2.24) is 9.88 Å². The fourth-order valence-corrected chi connectivity index (χ4v) is 2.94. The molecule has 0 radical (unpaired) electrons. The molecule has 0 aliphatic carbocycles. The molecule has 130 valence electrons. The lowest BCUT2D eigenvalue weighted by Crippen LogP contribution is -2.35. The molecule has 1 aliphatic rings. The zero-order valence-electron chi connectivity index (χ0n) is 15.0. The summed E-state index contributed by atoms with van der Waals surface area (Å²) in [6.45, 7) is 11.5. The van der Waals surface area contributed by atoms with Crippen molar-refractivity contribution < 1.29 is 9.53 Å². The van der Waals surface area contributed by atoms with Gasteiger partial charge in [-0.2, -0.15) is 13.5 Å². The Balaban J connectivity index is 0.00000264. The van der Waals surface area contributed by atoms with Gasteiger partial charge >= 0.3 is 6.09 Å². The van der Waals surface area contributed by atoms with Gasteiger partial charge in [0.25, 0.3) is 0 Å². The monoisotopic (exact) mass is 338 g/mol. The molecule has 0 spiro atoms. The second kappa shape index (κ2) is 8.04. The first kappa shape index (κ1) is 19.8. The van der Waals surface area contributed by atoms with Crippen molar-refractivity contribution in [3.8, 4) is 0 Å². The van der Waals surface area contributed by atoms with E-state index in [1.807, 2.05) is 32.6 Å². The molecule has 1 amide bonds. The second-order valence-corrected chi connectivity index (χ2v) is 7.25. The summed E-state index contributed by atoms with van der Waals surface area (Å²) in [4.78, 5) is 18.5. The zero-order chi connectivity index (χ0) is 16.3. The molecule has 4 nitrogen and oxygen atoms in total. The minimum absolute atomic E-state index is 0. The molecule has 1 aliphatic heterocycles. The summed E-state index contributed by atoms with van der Waals surface area (Å²) in [5, 5.41) is 0. The van der Waals surface area contributed by atoms with Crippen LogP contribution in [0.1, 0.15) is 51.1 Å². The van der Waals surface area contributed by atoms with Gasteiger partial charge in [0, 0.05) is 24.5 Å². The summed E-state index contributed by atoms with van der Waals surface area (Å²) >= 11 is 0. The van der Waals surface area contributed by atoms with Gasteiger partial charge in [-0.15, -0.1) is 0 Å².